The van der Waals surface area contributed by atoms with Gasteiger partial charge in [-0.1, -0.05) is 65.1 Å². The molecule has 0 aliphatic carbocycles. The quantitative estimate of drug-likeness (QED) is 0.507. The predicted octanol–water partition coefficient (Wildman–Crippen LogP) is 3.08. The molecule has 0 aromatic heterocycles. The first kappa shape index (κ1) is 12.4. The number of alkyl halides is 3. The van der Waals surface area contributed by atoms with Gasteiger partial charge in [0.05, 0.1) is 5.70 Å². The van der Waals surface area contributed by atoms with E-state index in [1.807, 2.05) is 0 Å². The minimum Gasteiger partial charge on any atom is -0.398 e. The van der Waals surface area contributed by atoms with Crippen LogP contribution in [0.4, 0.5) is 0 Å². The first-order valence-corrected chi connectivity index (χ1v) is 5.18. The molecule has 5 heteroatoms. The zero-order valence-electron chi connectivity index (χ0n) is 7.58. The van der Waals surface area contributed by atoms with Gasteiger partial charge in [-0.05, 0) is 0 Å². The summed E-state index contributed by atoms with van der Waals surface area (Å²) >= 11 is 16.5. The van der Waals surface area contributed by atoms with Crippen LogP contribution in [-0.2, 0) is 0 Å². The second-order valence-corrected chi connectivity index (χ2v) is 5.11. The Kier molecular flexibility index (Phi) is 4.03. The molecule has 2 N–H and O–H groups in total. The lowest BCUT2D eigenvalue weighted by molar-refractivity contribution is 0.104. The van der Waals surface area contributed by atoms with Gasteiger partial charge in [-0.3, -0.25) is 4.79 Å². The van der Waals surface area contributed by atoms with Crippen molar-refractivity contribution in [2.75, 3.05) is 0 Å². The molecule has 0 fully saturated rings. The number of carbonyl (C=O) groups is 1. The second kappa shape index (κ2) is 4.88. The molecule has 1 rings (SSSR count). The van der Waals surface area contributed by atoms with E-state index in [2.05, 4.69) is 0 Å². The Morgan fingerprint density at radius 3 is 2.20 bits per heavy atom. The Bertz CT molecular complexity index is 381. The van der Waals surface area contributed by atoms with E-state index in [-0.39, 0.29) is 11.5 Å². The third kappa shape index (κ3) is 3.74. The Morgan fingerprint density at radius 1 is 1.20 bits per heavy atom. The molecule has 0 bridgehead atoms. The number of rotatable bonds is 2. The van der Waals surface area contributed by atoms with Crippen LogP contribution in [0, 0.1) is 0 Å². The fourth-order valence-corrected chi connectivity index (χ4v) is 1.07. The van der Waals surface area contributed by atoms with Crippen LogP contribution in [0.2, 0.25) is 0 Å². The van der Waals surface area contributed by atoms with Crippen LogP contribution < -0.4 is 5.73 Å². The number of benzene rings is 1. The molecular weight excluding hydrogens is 256 g/mol. The monoisotopic (exact) mass is 263 g/mol. The lowest BCUT2D eigenvalue weighted by Crippen LogP contribution is -2.17. The van der Waals surface area contributed by atoms with Crippen molar-refractivity contribution in [2.24, 2.45) is 5.73 Å². The standard InChI is InChI=1S/C10H8Cl3NO/c11-10(12,13)9(14)6-8(15)7-4-2-1-3-5-7/h1-6H,14H2/b9-6-. The van der Waals surface area contributed by atoms with Crippen molar-refractivity contribution >= 4 is 40.6 Å². The Balaban J connectivity index is 2.90. The first-order valence-electron chi connectivity index (χ1n) is 4.05. The molecule has 0 amide bonds. The molecule has 0 aliphatic heterocycles. The van der Waals surface area contributed by atoms with Crippen molar-refractivity contribution in [1.82, 2.24) is 0 Å². The average molecular weight is 265 g/mol. The summed E-state index contributed by atoms with van der Waals surface area (Å²) in [6.45, 7) is 0. The minimum absolute atomic E-state index is 0.0960. The molecule has 0 radical (unpaired) electrons. The van der Waals surface area contributed by atoms with Crippen LogP contribution in [0.1, 0.15) is 10.4 Å². The smallest absolute Gasteiger partial charge is 0.230 e. The lowest BCUT2D eigenvalue weighted by atomic mass is 10.1. The zero-order valence-corrected chi connectivity index (χ0v) is 9.85. The molecular formula is C10H8Cl3NO. The van der Waals surface area contributed by atoms with Crippen LogP contribution in [0.3, 0.4) is 0 Å². The van der Waals surface area contributed by atoms with Gasteiger partial charge in [0, 0.05) is 11.6 Å². The van der Waals surface area contributed by atoms with Gasteiger partial charge in [-0.25, -0.2) is 0 Å². The van der Waals surface area contributed by atoms with Crippen molar-refractivity contribution < 1.29 is 4.79 Å². The van der Waals surface area contributed by atoms with Gasteiger partial charge >= 0.3 is 0 Å². The van der Waals surface area contributed by atoms with E-state index < -0.39 is 3.79 Å². The van der Waals surface area contributed by atoms with Gasteiger partial charge in [0.25, 0.3) is 0 Å². The highest BCUT2D eigenvalue weighted by Gasteiger charge is 2.24. The maximum Gasteiger partial charge on any atom is 0.230 e. The van der Waals surface area contributed by atoms with Crippen LogP contribution >= 0.6 is 34.8 Å². The van der Waals surface area contributed by atoms with Gasteiger partial charge in [-0.15, -0.1) is 0 Å². The molecule has 15 heavy (non-hydrogen) atoms. The van der Waals surface area contributed by atoms with Crippen LogP contribution in [0.15, 0.2) is 42.1 Å². The van der Waals surface area contributed by atoms with Crippen LogP contribution in [0.25, 0.3) is 0 Å². The molecule has 0 atom stereocenters. The zero-order chi connectivity index (χ0) is 11.5. The highest BCUT2D eigenvalue weighted by atomic mass is 35.6. The summed E-state index contributed by atoms with van der Waals surface area (Å²) in [5.74, 6) is -0.292. The summed E-state index contributed by atoms with van der Waals surface area (Å²) in [5.41, 5.74) is 5.83. The van der Waals surface area contributed by atoms with Gasteiger partial charge in [0.15, 0.2) is 5.78 Å². The van der Waals surface area contributed by atoms with E-state index in [1.165, 1.54) is 0 Å². The molecule has 0 aliphatic rings. The van der Waals surface area contributed by atoms with Crippen molar-refractivity contribution in [1.29, 1.82) is 0 Å². The maximum absolute atomic E-state index is 11.6. The second-order valence-electron chi connectivity index (χ2n) is 2.83. The van der Waals surface area contributed by atoms with Gasteiger partial charge < -0.3 is 5.73 Å². The molecule has 1 aromatic rings. The van der Waals surface area contributed by atoms with Gasteiger partial charge in [-0.2, -0.15) is 0 Å². The Morgan fingerprint density at radius 2 is 1.73 bits per heavy atom. The van der Waals surface area contributed by atoms with Crippen LogP contribution in [0.5, 0.6) is 0 Å². The molecule has 2 nitrogen and oxygen atoms in total. The predicted molar refractivity (Wildman–Crippen MR) is 63.3 cm³/mol. The van der Waals surface area contributed by atoms with Crippen molar-refractivity contribution in [3.8, 4) is 0 Å². The Hall–Kier alpha value is -0.700. The molecule has 0 spiro atoms. The molecule has 0 saturated carbocycles. The first-order chi connectivity index (χ1) is 6.91. The summed E-state index contributed by atoms with van der Waals surface area (Å²) in [6.07, 6.45) is 1.11. The Labute approximate surface area is 103 Å². The number of halogens is 3. The fraction of sp³-hybridized carbons (Fsp3) is 0.100. The maximum atomic E-state index is 11.6. The third-order valence-corrected chi connectivity index (χ3v) is 2.33. The fourth-order valence-electron chi connectivity index (χ4n) is 0.909. The van der Waals surface area contributed by atoms with Gasteiger partial charge in [0.1, 0.15) is 0 Å². The number of hydrogen-bond acceptors (Lipinski definition) is 2. The number of hydrogen-bond donors (Lipinski definition) is 1. The molecule has 0 saturated heterocycles. The van der Waals surface area contributed by atoms with Crippen LogP contribution in [-0.4, -0.2) is 9.58 Å². The molecule has 0 heterocycles. The van der Waals surface area contributed by atoms with E-state index >= 15 is 0 Å². The van der Waals surface area contributed by atoms with Crippen molar-refractivity contribution in [3.05, 3.63) is 47.7 Å². The lowest BCUT2D eigenvalue weighted by Gasteiger charge is -2.10. The third-order valence-electron chi connectivity index (χ3n) is 1.67. The topological polar surface area (TPSA) is 43.1 Å². The largest absolute Gasteiger partial charge is 0.398 e. The number of allylic oxidation sites excluding steroid dienone is 2. The number of nitrogens with two attached hydrogens (primary N) is 1. The summed E-state index contributed by atoms with van der Waals surface area (Å²) in [6, 6.07) is 8.60. The van der Waals surface area contributed by atoms with Crippen molar-refractivity contribution in [2.45, 2.75) is 3.79 Å². The minimum atomic E-state index is -1.75. The number of carbonyl (C=O) groups excluding carboxylic acids is 1. The summed E-state index contributed by atoms with van der Waals surface area (Å²) < 4.78 is -1.75. The SMILES string of the molecule is N/C(=C\C(=O)c1ccccc1)C(Cl)(Cl)Cl. The molecule has 0 unspecified atom stereocenters. The van der Waals surface area contributed by atoms with E-state index in [1.54, 1.807) is 30.3 Å². The molecule has 1 aromatic carbocycles. The van der Waals surface area contributed by atoms with Crippen molar-refractivity contribution in [3.63, 3.8) is 0 Å². The van der Waals surface area contributed by atoms with E-state index in [9.17, 15) is 4.79 Å². The van der Waals surface area contributed by atoms with E-state index in [0.29, 0.717) is 5.56 Å². The summed E-state index contributed by atoms with van der Waals surface area (Å²) in [4.78, 5) is 11.6. The van der Waals surface area contributed by atoms with E-state index in [0.717, 1.165) is 6.08 Å². The average Bonchev–Trinajstić information content (AvgIpc) is 2.17. The molecule has 80 valence electrons. The highest BCUT2D eigenvalue weighted by molar-refractivity contribution is 6.69. The van der Waals surface area contributed by atoms with E-state index in [4.69, 9.17) is 40.5 Å². The normalized spacial score (nSPS) is 12.6. The number of ketones is 1. The summed E-state index contributed by atoms with van der Waals surface area (Å²) in [5, 5.41) is 0. The van der Waals surface area contributed by atoms with Gasteiger partial charge in [0.2, 0.25) is 3.79 Å². The highest BCUT2D eigenvalue weighted by Crippen LogP contribution is 2.31. The summed E-state index contributed by atoms with van der Waals surface area (Å²) in [7, 11) is 0.